The highest BCUT2D eigenvalue weighted by molar-refractivity contribution is 7.15. The highest BCUT2D eigenvalue weighted by atomic mass is 32.1. The summed E-state index contributed by atoms with van der Waals surface area (Å²) in [5.41, 5.74) is 4.73. The third kappa shape index (κ3) is 3.34. The van der Waals surface area contributed by atoms with Crippen molar-refractivity contribution in [1.29, 1.82) is 0 Å². The predicted molar refractivity (Wildman–Crippen MR) is 84.7 cm³/mol. The Bertz CT molecular complexity index is 608. The minimum Gasteiger partial charge on any atom is -0.494 e. The van der Waals surface area contributed by atoms with Crippen LogP contribution in [0.25, 0.3) is 11.1 Å². The first-order valence-corrected chi connectivity index (χ1v) is 7.57. The second-order valence-corrected chi connectivity index (χ2v) is 5.06. The molecule has 0 aliphatic heterocycles. The van der Waals surface area contributed by atoms with E-state index in [4.69, 9.17) is 15.3 Å². The lowest BCUT2D eigenvalue weighted by atomic mass is 10.0. The summed E-state index contributed by atoms with van der Waals surface area (Å²) in [4.78, 5) is 12.1. The number of anilines is 1. The molecule has 0 unspecified atom stereocenters. The molecule has 1 heterocycles. The van der Waals surface area contributed by atoms with Gasteiger partial charge in [-0.2, -0.15) is 0 Å². The molecule has 0 fully saturated rings. The summed E-state index contributed by atoms with van der Waals surface area (Å²) >= 11 is 1.37. The number of thiophene rings is 1. The molecule has 1 aromatic carbocycles. The van der Waals surface area contributed by atoms with Gasteiger partial charge in [0.25, 0.3) is 0 Å². The molecule has 112 valence electrons. The molecule has 0 atom stereocenters. The van der Waals surface area contributed by atoms with Crippen molar-refractivity contribution in [2.75, 3.05) is 18.6 Å². The summed E-state index contributed by atoms with van der Waals surface area (Å²) in [5.74, 6) is 5.89. The molecular formula is C15H18N2O3S. The fraction of sp³-hybridized carbons (Fsp3) is 0.267. The molecule has 0 aliphatic carbocycles. The Kier molecular flexibility index (Phi) is 5.19. The fourth-order valence-corrected chi connectivity index (χ4v) is 2.85. The van der Waals surface area contributed by atoms with Crippen molar-refractivity contribution < 1.29 is 14.3 Å². The summed E-state index contributed by atoms with van der Waals surface area (Å²) in [5, 5.41) is 2.48. The van der Waals surface area contributed by atoms with Gasteiger partial charge >= 0.3 is 5.97 Å². The largest absolute Gasteiger partial charge is 0.494 e. The van der Waals surface area contributed by atoms with Crippen LogP contribution in [0.2, 0.25) is 0 Å². The summed E-state index contributed by atoms with van der Waals surface area (Å²) < 4.78 is 10.5. The van der Waals surface area contributed by atoms with Crippen molar-refractivity contribution in [2.45, 2.75) is 13.8 Å². The maximum Gasteiger partial charge on any atom is 0.341 e. The van der Waals surface area contributed by atoms with Crippen molar-refractivity contribution in [3.05, 3.63) is 35.2 Å². The molecule has 0 radical (unpaired) electrons. The number of nitrogens with two attached hydrogens (primary N) is 1. The number of hydrazine groups is 1. The number of benzene rings is 1. The zero-order valence-electron chi connectivity index (χ0n) is 12.0. The fourth-order valence-electron chi connectivity index (χ4n) is 1.98. The Morgan fingerprint density at radius 2 is 1.95 bits per heavy atom. The number of ether oxygens (including phenoxy) is 2. The van der Waals surface area contributed by atoms with Crippen molar-refractivity contribution in [1.82, 2.24) is 0 Å². The summed E-state index contributed by atoms with van der Waals surface area (Å²) in [6, 6.07) is 7.58. The quantitative estimate of drug-likeness (QED) is 0.487. The lowest BCUT2D eigenvalue weighted by Gasteiger charge is -2.08. The van der Waals surface area contributed by atoms with Crippen LogP contribution in [0, 0.1) is 0 Å². The number of carbonyl (C=O) groups excluding carboxylic acids is 1. The second-order valence-electron chi connectivity index (χ2n) is 4.18. The Labute approximate surface area is 127 Å². The zero-order valence-corrected chi connectivity index (χ0v) is 12.8. The van der Waals surface area contributed by atoms with Crippen molar-refractivity contribution in [3.63, 3.8) is 0 Å². The summed E-state index contributed by atoms with van der Waals surface area (Å²) in [7, 11) is 0. The number of hydrogen-bond acceptors (Lipinski definition) is 6. The highest BCUT2D eigenvalue weighted by Crippen LogP contribution is 2.36. The van der Waals surface area contributed by atoms with Gasteiger partial charge in [-0.15, -0.1) is 11.3 Å². The third-order valence-corrected chi connectivity index (χ3v) is 3.79. The van der Waals surface area contributed by atoms with Crippen LogP contribution in [-0.2, 0) is 4.74 Å². The van der Waals surface area contributed by atoms with Crippen molar-refractivity contribution in [3.8, 4) is 16.9 Å². The Balaban J connectivity index is 2.39. The highest BCUT2D eigenvalue weighted by Gasteiger charge is 2.20. The van der Waals surface area contributed by atoms with E-state index in [1.807, 2.05) is 36.6 Å². The average Bonchev–Trinajstić information content (AvgIpc) is 2.92. The molecule has 1 aromatic heterocycles. The first-order chi connectivity index (χ1) is 10.2. The van der Waals surface area contributed by atoms with Gasteiger partial charge in [0.1, 0.15) is 16.3 Å². The topological polar surface area (TPSA) is 73.6 Å². The van der Waals surface area contributed by atoms with E-state index in [2.05, 4.69) is 5.43 Å². The maximum atomic E-state index is 12.1. The molecule has 6 heteroatoms. The van der Waals surface area contributed by atoms with Crippen LogP contribution in [-0.4, -0.2) is 19.2 Å². The lowest BCUT2D eigenvalue weighted by molar-refractivity contribution is 0.0529. The summed E-state index contributed by atoms with van der Waals surface area (Å²) in [6.07, 6.45) is 0. The molecule has 0 saturated carbocycles. The molecule has 2 aromatic rings. The number of nitrogens with one attached hydrogen (secondary N) is 1. The van der Waals surface area contributed by atoms with Crippen LogP contribution in [0.1, 0.15) is 24.2 Å². The van der Waals surface area contributed by atoms with E-state index in [0.717, 1.165) is 16.9 Å². The van der Waals surface area contributed by atoms with Gasteiger partial charge in [0, 0.05) is 10.9 Å². The first-order valence-electron chi connectivity index (χ1n) is 6.69. The Hall–Kier alpha value is -2.05. The minimum absolute atomic E-state index is 0.321. The van der Waals surface area contributed by atoms with Crippen LogP contribution < -0.4 is 16.0 Å². The van der Waals surface area contributed by atoms with E-state index in [9.17, 15) is 4.79 Å². The van der Waals surface area contributed by atoms with E-state index in [1.165, 1.54) is 11.3 Å². The molecule has 0 amide bonds. The van der Waals surface area contributed by atoms with E-state index >= 15 is 0 Å². The van der Waals surface area contributed by atoms with Gasteiger partial charge < -0.3 is 14.9 Å². The van der Waals surface area contributed by atoms with E-state index in [-0.39, 0.29) is 5.97 Å². The van der Waals surface area contributed by atoms with Crippen LogP contribution in [0.5, 0.6) is 5.75 Å². The monoisotopic (exact) mass is 306 g/mol. The molecule has 3 N–H and O–H groups in total. The second kappa shape index (κ2) is 7.10. The SMILES string of the molecule is CCOC(=O)c1c(-c2ccc(OCC)cc2)csc1NN. The molecular weight excluding hydrogens is 288 g/mol. The Morgan fingerprint density at radius 3 is 2.52 bits per heavy atom. The maximum absolute atomic E-state index is 12.1. The van der Waals surface area contributed by atoms with E-state index < -0.39 is 0 Å². The zero-order chi connectivity index (χ0) is 15.2. The third-order valence-electron chi connectivity index (χ3n) is 2.88. The molecule has 0 bridgehead atoms. The predicted octanol–water partition coefficient (Wildman–Crippen LogP) is 3.28. The smallest absolute Gasteiger partial charge is 0.341 e. The molecule has 0 spiro atoms. The number of esters is 1. The van der Waals surface area contributed by atoms with Gasteiger partial charge in [-0.3, -0.25) is 0 Å². The van der Waals surface area contributed by atoms with Gasteiger partial charge in [-0.05, 0) is 31.5 Å². The van der Waals surface area contributed by atoms with Crippen LogP contribution in [0.4, 0.5) is 5.00 Å². The van der Waals surface area contributed by atoms with Gasteiger partial charge in [0.05, 0.1) is 13.2 Å². The first kappa shape index (κ1) is 15.3. The normalized spacial score (nSPS) is 10.2. The molecule has 2 rings (SSSR count). The van der Waals surface area contributed by atoms with Crippen LogP contribution in [0.15, 0.2) is 29.6 Å². The number of nitrogen functional groups attached to an aromatic ring is 1. The van der Waals surface area contributed by atoms with Crippen LogP contribution in [0.3, 0.4) is 0 Å². The molecule has 0 aliphatic rings. The molecule has 21 heavy (non-hydrogen) atoms. The standard InChI is InChI=1S/C15H18N2O3S/c1-3-19-11-7-5-10(6-8-11)12-9-21-14(17-16)13(12)15(18)20-4-2/h5-9,17H,3-4,16H2,1-2H3. The number of hydrogen-bond donors (Lipinski definition) is 2. The Morgan fingerprint density at radius 1 is 1.24 bits per heavy atom. The molecule has 5 nitrogen and oxygen atoms in total. The number of carbonyl (C=O) groups is 1. The van der Waals surface area contributed by atoms with E-state index in [1.54, 1.807) is 6.92 Å². The minimum atomic E-state index is -0.379. The van der Waals surface area contributed by atoms with Gasteiger partial charge in [-0.1, -0.05) is 12.1 Å². The summed E-state index contributed by atoms with van der Waals surface area (Å²) in [6.45, 7) is 4.65. The average molecular weight is 306 g/mol. The molecule has 0 saturated heterocycles. The van der Waals surface area contributed by atoms with Crippen molar-refractivity contribution >= 4 is 22.3 Å². The number of rotatable bonds is 6. The van der Waals surface area contributed by atoms with Gasteiger partial charge in [0.15, 0.2) is 0 Å². The van der Waals surface area contributed by atoms with Gasteiger partial charge in [-0.25, -0.2) is 10.6 Å². The van der Waals surface area contributed by atoms with Gasteiger partial charge in [0.2, 0.25) is 0 Å². The van der Waals surface area contributed by atoms with Crippen molar-refractivity contribution in [2.24, 2.45) is 5.84 Å². The van der Waals surface area contributed by atoms with Crippen LogP contribution >= 0.6 is 11.3 Å². The van der Waals surface area contributed by atoms with E-state index in [0.29, 0.717) is 23.8 Å². The lowest BCUT2D eigenvalue weighted by Crippen LogP contribution is -2.12.